The zero-order valence-corrected chi connectivity index (χ0v) is 16.7. The molecule has 2 fully saturated rings. The van der Waals surface area contributed by atoms with Crippen molar-refractivity contribution in [1.82, 2.24) is 20.1 Å². The maximum atomic E-state index is 12.2. The third kappa shape index (κ3) is 6.20. The summed E-state index contributed by atoms with van der Waals surface area (Å²) in [4.78, 5) is 23.9. The van der Waals surface area contributed by atoms with Crippen LogP contribution < -0.4 is 14.8 Å². The zero-order valence-electron chi connectivity index (χ0n) is 15.8. The standard InChI is InChI=1S/C17H26N4O6S/c1-12(14-9-16(27-19-14)26-11-13-5-6-13)20-28(24,25)8-4-2-3-7-21-10-15(22)18-17(21)23/h9,12-13,20H,2-8,10-11H2,1H3,(H,18,22,23). The van der Waals surface area contributed by atoms with Crippen LogP contribution in [0.5, 0.6) is 5.95 Å². The van der Waals surface area contributed by atoms with Crippen molar-refractivity contribution in [3.8, 4) is 5.95 Å². The number of nitrogens with one attached hydrogen (secondary N) is 2. The van der Waals surface area contributed by atoms with Gasteiger partial charge in [-0.1, -0.05) is 11.6 Å². The van der Waals surface area contributed by atoms with E-state index in [1.807, 2.05) is 0 Å². The minimum Gasteiger partial charge on any atom is -0.463 e. The molecular weight excluding hydrogens is 388 g/mol. The summed E-state index contributed by atoms with van der Waals surface area (Å²) in [6, 6.07) is 0.699. The quantitative estimate of drug-likeness (QED) is 0.388. The van der Waals surface area contributed by atoms with Gasteiger partial charge in [0.05, 0.1) is 18.4 Å². The van der Waals surface area contributed by atoms with Gasteiger partial charge < -0.3 is 14.2 Å². The molecule has 2 N–H and O–H groups in total. The molecule has 1 aliphatic carbocycles. The number of carbonyl (C=O) groups is 2. The monoisotopic (exact) mass is 414 g/mol. The predicted octanol–water partition coefficient (Wildman–Crippen LogP) is 1.17. The molecule has 1 aromatic rings. The number of hydrogen-bond donors (Lipinski definition) is 2. The molecule has 28 heavy (non-hydrogen) atoms. The minimum atomic E-state index is -3.47. The van der Waals surface area contributed by atoms with Gasteiger partial charge in [-0.25, -0.2) is 17.9 Å². The number of carbonyl (C=O) groups excluding carboxylic acids is 2. The van der Waals surface area contributed by atoms with Crippen LogP contribution in [0.3, 0.4) is 0 Å². The number of ether oxygens (including phenoxy) is 1. The van der Waals surface area contributed by atoms with Gasteiger partial charge in [-0.15, -0.1) is 0 Å². The van der Waals surface area contributed by atoms with Gasteiger partial charge in [0.25, 0.3) is 0 Å². The van der Waals surface area contributed by atoms with Crippen LogP contribution in [0.25, 0.3) is 0 Å². The second-order valence-corrected chi connectivity index (χ2v) is 9.19. The summed E-state index contributed by atoms with van der Waals surface area (Å²) >= 11 is 0. The van der Waals surface area contributed by atoms with Crippen LogP contribution in [0, 0.1) is 5.92 Å². The van der Waals surface area contributed by atoms with Gasteiger partial charge in [0, 0.05) is 12.6 Å². The van der Waals surface area contributed by atoms with Gasteiger partial charge >= 0.3 is 12.0 Å². The van der Waals surface area contributed by atoms with E-state index in [1.54, 1.807) is 13.0 Å². The molecule has 0 aromatic carbocycles. The molecule has 11 heteroatoms. The number of hydrogen-bond acceptors (Lipinski definition) is 7. The Morgan fingerprint density at radius 2 is 2.14 bits per heavy atom. The Kier molecular flexibility index (Phi) is 6.55. The first-order chi connectivity index (χ1) is 13.3. The van der Waals surface area contributed by atoms with Crippen molar-refractivity contribution in [3.63, 3.8) is 0 Å². The van der Waals surface area contributed by atoms with Gasteiger partial charge in [-0.3, -0.25) is 10.1 Å². The van der Waals surface area contributed by atoms with E-state index in [-0.39, 0.29) is 24.2 Å². The molecule has 3 amide bonds. The number of nitrogens with zero attached hydrogens (tertiary/aromatic N) is 2. The Labute approximate surface area is 164 Å². The van der Waals surface area contributed by atoms with Gasteiger partial charge in [0.1, 0.15) is 12.2 Å². The Hall–Kier alpha value is -2.14. The van der Waals surface area contributed by atoms with Crippen LogP contribution >= 0.6 is 0 Å². The molecule has 10 nitrogen and oxygen atoms in total. The highest BCUT2D eigenvalue weighted by molar-refractivity contribution is 7.89. The van der Waals surface area contributed by atoms with Crippen molar-refractivity contribution >= 4 is 22.0 Å². The second-order valence-electron chi connectivity index (χ2n) is 7.32. The molecule has 1 saturated carbocycles. The number of imide groups is 1. The van der Waals surface area contributed by atoms with E-state index in [1.165, 1.54) is 17.7 Å². The second kappa shape index (κ2) is 8.91. The topological polar surface area (TPSA) is 131 Å². The summed E-state index contributed by atoms with van der Waals surface area (Å²) in [5, 5.41) is 6.07. The molecule has 1 saturated heterocycles. The number of sulfonamides is 1. The lowest BCUT2D eigenvalue weighted by atomic mass is 10.2. The zero-order chi connectivity index (χ0) is 20.1. The Morgan fingerprint density at radius 1 is 1.36 bits per heavy atom. The van der Waals surface area contributed by atoms with Crippen molar-refractivity contribution in [2.45, 2.75) is 45.1 Å². The van der Waals surface area contributed by atoms with Gasteiger partial charge in [0.2, 0.25) is 15.9 Å². The lowest BCUT2D eigenvalue weighted by Crippen LogP contribution is -2.30. The van der Waals surface area contributed by atoms with E-state index in [0.29, 0.717) is 50.0 Å². The highest BCUT2D eigenvalue weighted by Gasteiger charge is 2.26. The van der Waals surface area contributed by atoms with Crippen LogP contribution in [-0.2, 0) is 14.8 Å². The van der Waals surface area contributed by atoms with Gasteiger partial charge in [-0.2, -0.15) is 0 Å². The van der Waals surface area contributed by atoms with Crippen LogP contribution in [0.4, 0.5) is 4.79 Å². The third-order valence-corrected chi connectivity index (χ3v) is 6.21. The fourth-order valence-electron chi connectivity index (χ4n) is 2.85. The number of urea groups is 1. The van der Waals surface area contributed by atoms with Crippen LogP contribution in [0.15, 0.2) is 10.6 Å². The molecular formula is C17H26N4O6S. The van der Waals surface area contributed by atoms with E-state index >= 15 is 0 Å². The molecule has 0 spiro atoms. The maximum Gasteiger partial charge on any atom is 0.324 e. The first-order valence-electron chi connectivity index (χ1n) is 9.50. The minimum absolute atomic E-state index is 0.0225. The van der Waals surface area contributed by atoms with E-state index in [0.717, 1.165) is 0 Å². The van der Waals surface area contributed by atoms with Crippen LogP contribution in [0.2, 0.25) is 0 Å². The summed E-state index contributed by atoms with van der Waals surface area (Å²) in [6.07, 6.45) is 4.06. The summed E-state index contributed by atoms with van der Waals surface area (Å²) in [5.41, 5.74) is 0.471. The average Bonchev–Trinajstić information content (AvgIpc) is 3.23. The van der Waals surface area contributed by atoms with Crippen LogP contribution in [0.1, 0.15) is 50.8 Å². The summed E-state index contributed by atoms with van der Waals surface area (Å²) in [5.74, 6) is 0.563. The molecule has 2 aliphatic rings. The van der Waals surface area contributed by atoms with Gasteiger partial charge in [0.15, 0.2) is 0 Å². The Morgan fingerprint density at radius 3 is 2.82 bits per heavy atom. The van der Waals surface area contributed by atoms with Crippen molar-refractivity contribution in [3.05, 3.63) is 11.8 Å². The van der Waals surface area contributed by atoms with Gasteiger partial charge in [-0.05, 0) is 38.5 Å². The smallest absolute Gasteiger partial charge is 0.324 e. The number of unbranched alkanes of at least 4 members (excludes halogenated alkanes) is 2. The van der Waals surface area contributed by atoms with Crippen molar-refractivity contribution in [2.75, 3.05) is 25.4 Å². The normalized spacial score (nSPS) is 18.4. The molecule has 3 rings (SSSR count). The molecule has 1 aliphatic heterocycles. The Bertz CT molecular complexity index is 804. The largest absolute Gasteiger partial charge is 0.463 e. The molecule has 156 valence electrons. The van der Waals surface area contributed by atoms with Crippen LogP contribution in [-0.4, -0.2) is 55.9 Å². The van der Waals surface area contributed by atoms with E-state index in [9.17, 15) is 18.0 Å². The Balaban J connectivity index is 1.34. The highest BCUT2D eigenvalue weighted by atomic mass is 32.2. The number of amides is 3. The molecule has 0 bridgehead atoms. The molecule has 2 heterocycles. The molecule has 0 radical (unpaired) electrons. The summed E-state index contributed by atoms with van der Waals surface area (Å²) < 4.78 is 37.6. The first kappa shape index (κ1) is 20.6. The third-order valence-electron chi connectivity index (χ3n) is 4.67. The number of aromatic nitrogens is 1. The van der Waals surface area contributed by atoms with E-state index in [2.05, 4.69) is 15.2 Å². The van der Waals surface area contributed by atoms with E-state index < -0.39 is 16.1 Å². The molecule has 1 aromatic heterocycles. The molecule has 1 unspecified atom stereocenters. The fraction of sp³-hybridized carbons (Fsp3) is 0.706. The summed E-state index contributed by atoms with van der Waals surface area (Å²) in [6.45, 7) is 2.80. The van der Waals surface area contributed by atoms with E-state index in [4.69, 9.17) is 9.26 Å². The number of rotatable bonds is 12. The lowest BCUT2D eigenvalue weighted by molar-refractivity contribution is -0.118. The fourth-order valence-corrected chi connectivity index (χ4v) is 4.21. The van der Waals surface area contributed by atoms with Crippen molar-refractivity contribution in [2.24, 2.45) is 5.92 Å². The maximum absolute atomic E-state index is 12.2. The molecule has 1 atom stereocenters. The SMILES string of the molecule is CC(NS(=O)(=O)CCCCCN1CC(=O)NC1=O)c1cc(OCC2CC2)on1. The lowest BCUT2D eigenvalue weighted by Gasteiger charge is -2.13. The van der Waals surface area contributed by atoms with Crippen molar-refractivity contribution in [1.29, 1.82) is 0 Å². The summed E-state index contributed by atoms with van der Waals surface area (Å²) in [7, 11) is -3.47. The highest BCUT2D eigenvalue weighted by Crippen LogP contribution is 2.30. The predicted molar refractivity (Wildman–Crippen MR) is 99.0 cm³/mol. The average molecular weight is 414 g/mol. The first-order valence-corrected chi connectivity index (χ1v) is 11.2. The van der Waals surface area contributed by atoms with Crippen molar-refractivity contribution < 1.29 is 27.3 Å².